The first-order chi connectivity index (χ1) is 6.69. The number of nitrogens with zero attached hydrogens (tertiary/aromatic N) is 1. The van der Waals surface area contributed by atoms with Gasteiger partial charge in [-0.05, 0) is 12.6 Å². The normalized spacial score (nSPS) is 12.5. The molecule has 0 saturated carbocycles. The predicted molar refractivity (Wildman–Crippen MR) is 48.8 cm³/mol. The molecular weight excluding hydrogens is 186 g/mol. The van der Waals surface area contributed by atoms with Crippen molar-refractivity contribution in [1.29, 1.82) is 5.26 Å². The highest BCUT2D eigenvalue weighted by atomic mass is 19.3. The average Bonchev–Trinajstić information content (AvgIpc) is 2.20. The molecule has 4 heteroatoms. The summed E-state index contributed by atoms with van der Waals surface area (Å²) < 4.78 is 24.4. The third-order valence-electron chi connectivity index (χ3n) is 1.94. The van der Waals surface area contributed by atoms with Crippen molar-refractivity contribution in [3.8, 4) is 6.07 Å². The van der Waals surface area contributed by atoms with Crippen LogP contribution in [-0.4, -0.2) is 7.05 Å². The van der Waals surface area contributed by atoms with Crippen LogP contribution in [0.3, 0.4) is 0 Å². The van der Waals surface area contributed by atoms with E-state index in [1.54, 1.807) is 7.05 Å². The molecule has 0 heterocycles. The monoisotopic (exact) mass is 196 g/mol. The molecule has 2 nitrogen and oxygen atoms in total. The molecule has 1 atom stereocenters. The largest absolute Gasteiger partial charge is 0.301 e. The van der Waals surface area contributed by atoms with E-state index in [0.29, 0.717) is 5.56 Å². The fraction of sp³-hybridized carbons (Fsp3) is 0.300. The van der Waals surface area contributed by atoms with Crippen LogP contribution in [0.15, 0.2) is 24.3 Å². The second-order valence-corrected chi connectivity index (χ2v) is 2.82. The van der Waals surface area contributed by atoms with Crippen LogP contribution >= 0.6 is 0 Å². The number of hydrogen-bond acceptors (Lipinski definition) is 2. The van der Waals surface area contributed by atoms with E-state index in [-0.39, 0.29) is 5.56 Å². The van der Waals surface area contributed by atoms with Crippen LogP contribution in [0.4, 0.5) is 8.78 Å². The Hall–Kier alpha value is -1.47. The maximum Gasteiger partial charge on any atom is 0.263 e. The second-order valence-electron chi connectivity index (χ2n) is 2.82. The van der Waals surface area contributed by atoms with Crippen LogP contribution < -0.4 is 5.32 Å². The smallest absolute Gasteiger partial charge is 0.263 e. The van der Waals surface area contributed by atoms with E-state index in [2.05, 4.69) is 5.32 Å². The van der Waals surface area contributed by atoms with Crippen molar-refractivity contribution in [2.75, 3.05) is 7.05 Å². The van der Waals surface area contributed by atoms with E-state index < -0.39 is 12.5 Å². The first-order valence-electron chi connectivity index (χ1n) is 4.14. The second kappa shape index (κ2) is 4.68. The first-order valence-corrected chi connectivity index (χ1v) is 4.14. The Balaban J connectivity index is 2.88. The zero-order valence-electron chi connectivity index (χ0n) is 7.67. The third kappa shape index (κ3) is 2.27. The Morgan fingerprint density at radius 3 is 2.07 bits per heavy atom. The molecule has 0 aliphatic rings. The quantitative estimate of drug-likeness (QED) is 0.805. The standard InChI is InChI=1S/C10H10F2N2/c1-14-9(6-13)7-2-4-8(5-3-7)10(11)12/h2-5,9-10,14H,1H3. The molecule has 14 heavy (non-hydrogen) atoms. The Bertz CT molecular complexity index is 327. The molecule has 0 saturated heterocycles. The summed E-state index contributed by atoms with van der Waals surface area (Å²) in [7, 11) is 1.65. The number of benzene rings is 1. The number of rotatable bonds is 3. The zero-order chi connectivity index (χ0) is 10.6. The zero-order valence-corrected chi connectivity index (χ0v) is 7.67. The van der Waals surface area contributed by atoms with Gasteiger partial charge in [-0.25, -0.2) is 8.78 Å². The van der Waals surface area contributed by atoms with E-state index in [1.807, 2.05) is 6.07 Å². The molecule has 0 radical (unpaired) electrons. The molecule has 0 bridgehead atoms. The lowest BCUT2D eigenvalue weighted by molar-refractivity contribution is 0.151. The molecule has 1 aromatic carbocycles. The van der Waals surface area contributed by atoms with Crippen molar-refractivity contribution in [1.82, 2.24) is 5.32 Å². The molecule has 74 valence electrons. The first kappa shape index (κ1) is 10.6. The van der Waals surface area contributed by atoms with Crippen LogP contribution in [-0.2, 0) is 0 Å². The Morgan fingerprint density at radius 1 is 1.21 bits per heavy atom. The molecule has 1 N–H and O–H groups in total. The maximum absolute atomic E-state index is 12.2. The highest BCUT2D eigenvalue weighted by molar-refractivity contribution is 5.28. The van der Waals surface area contributed by atoms with Gasteiger partial charge in [-0.1, -0.05) is 24.3 Å². The fourth-order valence-electron chi connectivity index (χ4n) is 1.14. The molecule has 0 aliphatic heterocycles. The molecular formula is C10H10F2N2. The minimum atomic E-state index is -2.46. The fourth-order valence-corrected chi connectivity index (χ4v) is 1.14. The highest BCUT2D eigenvalue weighted by Crippen LogP contribution is 2.20. The maximum atomic E-state index is 12.2. The Kier molecular flexibility index (Phi) is 3.55. The van der Waals surface area contributed by atoms with Gasteiger partial charge in [-0.2, -0.15) is 5.26 Å². The van der Waals surface area contributed by atoms with Crippen molar-refractivity contribution in [2.24, 2.45) is 0 Å². The van der Waals surface area contributed by atoms with E-state index >= 15 is 0 Å². The lowest BCUT2D eigenvalue weighted by atomic mass is 10.1. The van der Waals surface area contributed by atoms with Gasteiger partial charge in [0.15, 0.2) is 0 Å². The van der Waals surface area contributed by atoms with E-state index in [9.17, 15) is 8.78 Å². The van der Waals surface area contributed by atoms with Crippen LogP contribution in [0.1, 0.15) is 23.6 Å². The number of hydrogen-bond donors (Lipinski definition) is 1. The molecule has 1 rings (SSSR count). The van der Waals surface area contributed by atoms with Crippen LogP contribution in [0.5, 0.6) is 0 Å². The van der Waals surface area contributed by atoms with Gasteiger partial charge in [0.1, 0.15) is 6.04 Å². The number of halogens is 2. The molecule has 1 unspecified atom stereocenters. The van der Waals surface area contributed by atoms with Crippen molar-refractivity contribution in [3.05, 3.63) is 35.4 Å². The van der Waals surface area contributed by atoms with Crippen molar-refractivity contribution < 1.29 is 8.78 Å². The number of nitriles is 1. The number of nitrogens with one attached hydrogen (secondary N) is 1. The van der Waals surface area contributed by atoms with Gasteiger partial charge >= 0.3 is 0 Å². The molecule has 1 aromatic rings. The lowest BCUT2D eigenvalue weighted by Gasteiger charge is -2.08. The SMILES string of the molecule is CNC(C#N)c1ccc(C(F)F)cc1. The third-order valence-corrected chi connectivity index (χ3v) is 1.94. The van der Waals surface area contributed by atoms with Gasteiger partial charge in [-0.3, -0.25) is 0 Å². The van der Waals surface area contributed by atoms with E-state index in [1.165, 1.54) is 24.3 Å². The molecule has 0 aromatic heterocycles. The average molecular weight is 196 g/mol. The highest BCUT2D eigenvalue weighted by Gasteiger charge is 2.10. The molecule has 0 amide bonds. The summed E-state index contributed by atoms with van der Waals surface area (Å²) in [5.41, 5.74) is 0.668. The topological polar surface area (TPSA) is 35.8 Å². The molecule has 0 aliphatic carbocycles. The summed E-state index contributed by atoms with van der Waals surface area (Å²) in [5.74, 6) is 0. The van der Waals surface area contributed by atoms with Gasteiger partial charge in [0.25, 0.3) is 6.43 Å². The van der Waals surface area contributed by atoms with Crippen LogP contribution in [0.25, 0.3) is 0 Å². The summed E-state index contributed by atoms with van der Waals surface area (Å²) in [6, 6.07) is 7.31. The summed E-state index contributed by atoms with van der Waals surface area (Å²) in [5, 5.41) is 11.5. The summed E-state index contributed by atoms with van der Waals surface area (Å²) in [4.78, 5) is 0. The molecule has 0 fully saturated rings. The van der Waals surface area contributed by atoms with Gasteiger partial charge in [0, 0.05) is 5.56 Å². The summed E-state index contributed by atoms with van der Waals surface area (Å²) in [6.45, 7) is 0. The van der Waals surface area contributed by atoms with Gasteiger partial charge in [0.2, 0.25) is 0 Å². The van der Waals surface area contributed by atoms with Crippen molar-refractivity contribution in [2.45, 2.75) is 12.5 Å². The molecule has 0 spiro atoms. The lowest BCUT2D eigenvalue weighted by Crippen LogP contribution is -2.13. The minimum absolute atomic E-state index is 0.0263. The summed E-state index contributed by atoms with van der Waals surface area (Å²) >= 11 is 0. The summed E-state index contributed by atoms with van der Waals surface area (Å²) in [6.07, 6.45) is -2.46. The Morgan fingerprint density at radius 2 is 1.71 bits per heavy atom. The van der Waals surface area contributed by atoms with E-state index in [0.717, 1.165) is 0 Å². The van der Waals surface area contributed by atoms with Crippen molar-refractivity contribution in [3.63, 3.8) is 0 Å². The Labute approximate surface area is 81.2 Å². The minimum Gasteiger partial charge on any atom is -0.301 e. The van der Waals surface area contributed by atoms with Crippen molar-refractivity contribution >= 4 is 0 Å². The van der Waals surface area contributed by atoms with Gasteiger partial charge in [0.05, 0.1) is 6.07 Å². The van der Waals surface area contributed by atoms with Gasteiger partial charge < -0.3 is 5.32 Å². The van der Waals surface area contributed by atoms with Crippen LogP contribution in [0, 0.1) is 11.3 Å². The van der Waals surface area contributed by atoms with Crippen LogP contribution in [0.2, 0.25) is 0 Å². The van der Waals surface area contributed by atoms with E-state index in [4.69, 9.17) is 5.26 Å². The van der Waals surface area contributed by atoms with Gasteiger partial charge in [-0.15, -0.1) is 0 Å². The predicted octanol–water partition coefficient (Wildman–Crippen LogP) is 2.41. The number of alkyl halides is 2.